The van der Waals surface area contributed by atoms with Gasteiger partial charge >= 0.3 is 0 Å². The fraction of sp³-hybridized carbons (Fsp3) is 0.182. The minimum absolute atomic E-state index is 0.470. The Morgan fingerprint density at radius 1 is 1.03 bits per heavy atom. The first-order chi connectivity index (χ1) is 15.2. The second-order valence-corrected chi connectivity index (χ2v) is 6.57. The van der Waals surface area contributed by atoms with Gasteiger partial charge in [0.2, 0.25) is 5.75 Å². The molecule has 0 amide bonds. The molecule has 0 unspecified atom stereocenters. The van der Waals surface area contributed by atoms with Gasteiger partial charge in [0.15, 0.2) is 17.1 Å². The quantitative estimate of drug-likeness (QED) is 0.489. The first-order valence-electron chi connectivity index (χ1n) is 9.40. The molecule has 0 aliphatic heterocycles. The van der Waals surface area contributed by atoms with Gasteiger partial charge in [-0.3, -0.25) is 0 Å². The molecule has 2 aromatic heterocycles. The Balaban J connectivity index is 1.65. The van der Waals surface area contributed by atoms with Crippen molar-refractivity contribution in [2.24, 2.45) is 0 Å². The molecule has 0 radical (unpaired) electrons. The minimum atomic E-state index is 0.470. The molecule has 0 aliphatic carbocycles. The molecule has 156 valence electrons. The largest absolute Gasteiger partial charge is 0.493 e. The zero-order valence-electron chi connectivity index (χ0n) is 17.3. The van der Waals surface area contributed by atoms with E-state index in [1.807, 2.05) is 24.3 Å². The Bertz CT molecular complexity index is 1250. The summed E-state index contributed by atoms with van der Waals surface area (Å²) in [5.74, 6) is 2.34. The molecule has 0 atom stereocenters. The number of hydrogen-bond acceptors (Lipinski definition) is 8. The van der Waals surface area contributed by atoms with E-state index in [1.54, 1.807) is 44.3 Å². The maximum atomic E-state index is 9.16. The fourth-order valence-electron chi connectivity index (χ4n) is 3.30. The number of benzene rings is 2. The molecule has 1 N–H and O–H groups in total. The van der Waals surface area contributed by atoms with Crippen LogP contribution in [0.15, 0.2) is 48.9 Å². The number of nitrogens with one attached hydrogen (secondary N) is 1. The summed E-state index contributed by atoms with van der Waals surface area (Å²) in [6, 6.07) is 13.1. The Morgan fingerprint density at radius 3 is 2.48 bits per heavy atom. The van der Waals surface area contributed by atoms with Crippen LogP contribution in [0.2, 0.25) is 0 Å². The topological polar surface area (TPSA) is 107 Å². The Kier molecular flexibility index (Phi) is 5.53. The molecule has 0 fully saturated rings. The van der Waals surface area contributed by atoms with Crippen molar-refractivity contribution in [3.05, 3.63) is 60.0 Å². The smallest absolute Gasteiger partial charge is 0.203 e. The number of aromatic nitrogens is 4. The van der Waals surface area contributed by atoms with E-state index in [9.17, 15) is 0 Å². The molecule has 31 heavy (non-hydrogen) atoms. The van der Waals surface area contributed by atoms with E-state index >= 15 is 0 Å². The SMILES string of the molecule is COc1cc(CNc2ncnc3c2cnn3-c2cccc(C#N)c2)cc(OC)c1OC. The summed E-state index contributed by atoms with van der Waals surface area (Å²) < 4.78 is 17.9. The van der Waals surface area contributed by atoms with E-state index in [0.29, 0.717) is 40.8 Å². The van der Waals surface area contributed by atoms with Crippen LogP contribution in [0, 0.1) is 11.3 Å². The average Bonchev–Trinajstić information content (AvgIpc) is 3.26. The number of rotatable bonds is 7. The lowest BCUT2D eigenvalue weighted by atomic mass is 10.1. The average molecular weight is 416 g/mol. The van der Waals surface area contributed by atoms with E-state index in [2.05, 4.69) is 26.5 Å². The highest BCUT2D eigenvalue weighted by atomic mass is 16.5. The van der Waals surface area contributed by atoms with Gasteiger partial charge in [-0.1, -0.05) is 6.07 Å². The van der Waals surface area contributed by atoms with E-state index in [1.165, 1.54) is 6.33 Å². The highest BCUT2D eigenvalue weighted by Gasteiger charge is 2.15. The number of nitriles is 1. The van der Waals surface area contributed by atoms with Crippen molar-refractivity contribution >= 4 is 16.9 Å². The monoisotopic (exact) mass is 416 g/mol. The summed E-state index contributed by atoms with van der Waals surface area (Å²) >= 11 is 0. The molecule has 0 saturated heterocycles. The summed E-state index contributed by atoms with van der Waals surface area (Å²) in [5.41, 5.74) is 2.87. The molecular formula is C22H20N6O3. The normalized spacial score (nSPS) is 10.5. The lowest BCUT2D eigenvalue weighted by Gasteiger charge is -2.14. The molecular weight excluding hydrogens is 396 g/mol. The molecule has 0 spiro atoms. The van der Waals surface area contributed by atoms with Crippen LogP contribution in [0.3, 0.4) is 0 Å². The van der Waals surface area contributed by atoms with Gasteiger partial charge in [0, 0.05) is 6.54 Å². The molecule has 0 saturated carbocycles. The van der Waals surface area contributed by atoms with Gasteiger partial charge in [0.1, 0.15) is 12.1 Å². The second-order valence-electron chi connectivity index (χ2n) is 6.57. The summed E-state index contributed by atoms with van der Waals surface area (Å²) in [6.45, 7) is 0.470. The molecule has 9 nitrogen and oxygen atoms in total. The van der Waals surface area contributed by atoms with Crippen LogP contribution in [0.4, 0.5) is 5.82 Å². The van der Waals surface area contributed by atoms with E-state index < -0.39 is 0 Å². The van der Waals surface area contributed by atoms with Crippen molar-refractivity contribution in [2.75, 3.05) is 26.6 Å². The van der Waals surface area contributed by atoms with Crippen molar-refractivity contribution < 1.29 is 14.2 Å². The Morgan fingerprint density at radius 2 is 1.81 bits per heavy atom. The first-order valence-corrected chi connectivity index (χ1v) is 9.40. The molecule has 9 heteroatoms. The maximum absolute atomic E-state index is 9.16. The van der Waals surface area contributed by atoms with Crippen LogP contribution in [0.1, 0.15) is 11.1 Å². The lowest BCUT2D eigenvalue weighted by molar-refractivity contribution is 0.324. The molecule has 0 bridgehead atoms. The molecule has 4 rings (SSSR count). The van der Waals surface area contributed by atoms with Crippen molar-refractivity contribution in [1.82, 2.24) is 19.7 Å². The number of methoxy groups -OCH3 is 3. The van der Waals surface area contributed by atoms with Gasteiger partial charge in [-0.05, 0) is 35.9 Å². The Labute approximate surface area is 178 Å². The standard InChI is InChI=1S/C22H20N6O3/c1-29-18-8-15(9-19(30-2)20(18)31-3)11-24-21-17-12-27-28(22(17)26-13-25-21)16-6-4-5-14(7-16)10-23/h4-9,12-13H,11H2,1-3H3,(H,24,25,26). The molecule has 0 aliphatic rings. The number of nitrogens with zero attached hydrogens (tertiary/aromatic N) is 5. The lowest BCUT2D eigenvalue weighted by Crippen LogP contribution is -2.04. The van der Waals surface area contributed by atoms with Crippen LogP contribution in [0.25, 0.3) is 16.7 Å². The third-order valence-electron chi connectivity index (χ3n) is 4.77. The minimum Gasteiger partial charge on any atom is -0.493 e. The van der Waals surface area contributed by atoms with Gasteiger partial charge in [-0.15, -0.1) is 0 Å². The summed E-state index contributed by atoms with van der Waals surface area (Å²) in [5, 5.41) is 17.7. The summed E-state index contributed by atoms with van der Waals surface area (Å²) in [6.07, 6.45) is 3.18. The third kappa shape index (κ3) is 3.79. The van der Waals surface area contributed by atoms with Crippen molar-refractivity contribution in [3.63, 3.8) is 0 Å². The summed E-state index contributed by atoms with van der Waals surface area (Å²) in [7, 11) is 4.73. The maximum Gasteiger partial charge on any atom is 0.203 e. The third-order valence-corrected chi connectivity index (χ3v) is 4.77. The van der Waals surface area contributed by atoms with Crippen LogP contribution in [0.5, 0.6) is 17.2 Å². The predicted octanol–water partition coefficient (Wildman–Crippen LogP) is 3.33. The fourth-order valence-corrected chi connectivity index (χ4v) is 3.30. The molecule has 2 heterocycles. The van der Waals surface area contributed by atoms with Gasteiger partial charge in [0.25, 0.3) is 0 Å². The van der Waals surface area contributed by atoms with Crippen LogP contribution in [-0.4, -0.2) is 41.1 Å². The van der Waals surface area contributed by atoms with E-state index in [-0.39, 0.29) is 0 Å². The van der Waals surface area contributed by atoms with Gasteiger partial charge in [-0.25, -0.2) is 14.6 Å². The highest BCUT2D eigenvalue weighted by molar-refractivity contribution is 5.87. The van der Waals surface area contributed by atoms with Crippen LogP contribution < -0.4 is 19.5 Å². The van der Waals surface area contributed by atoms with E-state index in [4.69, 9.17) is 19.5 Å². The van der Waals surface area contributed by atoms with Crippen molar-refractivity contribution in [3.8, 4) is 29.0 Å². The molecule has 2 aromatic carbocycles. The van der Waals surface area contributed by atoms with Crippen molar-refractivity contribution in [1.29, 1.82) is 5.26 Å². The van der Waals surface area contributed by atoms with Crippen LogP contribution in [-0.2, 0) is 6.54 Å². The van der Waals surface area contributed by atoms with Gasteiger partial charge < -0.3 is 19.5 Å². The second kappa shape index (κ2) is 8.59. The van der Waals surface area contributed by atoms with E-state index in [0.717, 1.165) is 16.6 Å². The predicted molar refractivity (Wildman–Crippen MR) is 115 cm³/mol. The number of hydrogen-bond donors (Lipinski definition) is 1. The number of ether oxygens (including phenoxy) is 3. The highest BCUT2D eigenvalue weighted by Crippen LogP contribution is 2.38. The number of fused-ring (bicyclic) bond motifs is 1. The van der Waals surface area contributed by atoms with Gasteiger partial charge in [0.05, 0.1) is 50.2 Å². The van der Waals surface area contributed by atoms with Gasteiger partial charge in [-0.2, -0.15) is 10.4 Å². The van der Waals surface area contributed by atoms with Crippen molar-refractivity contribution in [2.45, 2.75) is 6.54 Å². The zero-order chi connectivity index (χ0) is 21.8. The Hall–Kier alpha value is -4.32. The first kappa shape index (κ1) is 20.0. The zero-order valence-corrected chi connectivity index (χ0v) is 17.3. The molecule has 4 aromatic rings. The summed E-state index contributed by atoms with van der Waals surface area (Å²) in [4.78, 5) is 8.74. The van der Waals surface area contributed by atoms with Crippen LogP contribution >= 0.6 is 0 Å². The number of anilines is 1.